The van der Waals surface area contributed by atoms with Crippen LogP contribution >= 0.6 is 0 Å². The number of nitrogens with zero attached hydrogens (tertiary/aromatic N) is 2. The molecule has 2 heterocycles. The van der Waals surface area contributed by atoms with Crippen molar-refractivity contribution < 1.29 is 4.42 Å². The summed E-state index contributed by atoms with van der Waals surface area (Å²) in [5.74, 6) is 0.697. The molecule has 0 saturated heterocycles. The Balaban J connectivity index is 1.21. The van der Waals surface area contributed by atoms with Gasteiger partial charge in [-0.05, 0) is 92.7 Å². The lowest BCUT2D eigenvalue weighted by atomic mass is 9.92. The van der Waals surface area contributed by atoms with Gasteiger partial charge in [-0.25, -0.2) is 9.97 Å². The third-order valence-corrected chi connectivity index (χ3v) is 10.1. The summed E-state index contributed by atoms with van der Waals surface area (Å²) in [5.41, 5.74) is 13.4. The van der Waals surface area contributed by atoms with Gasteiger partial charge in [0.1, 0.15) is 11.2 Å². The quantitative estimate of drug-likeness (QED) is 0.176. The SMILES string of the molecule is c1ccc(-c2cccc(-c3cc(-c4ccc5oc6ccccc6c5c4)cc(-c4cc(-c5ccccc5)nc(-c5cccc6ccccc56)n4)c3)c2)cc1. The minimum Gasteiger partial charge on any atom is -0.456 e. The minimum absolute atomic E-state index is 0.697. The summed E-state index contributed by atoms with van der Waals surface area (Å²) in [6.07, 6.45) is 0. The van der Waals surface area contributed by atoms with Crippen molar-refractivity contribution in [2.45, 2.75) is 0 Å². The molecular formula is C50H32N2O. The van der Waals surface area contributed by atoms with Crippen molar-refractivity contribution in [2.75, 3.05) is 0 Å². The second kappa shape index (κ2) is 12.9. The highest BCUT2D eigenvalue weighted by molar-refractivity contribution is 6.06. The van der Waals surface area contributed by atoms with Gasteiger partial charge in [0.15, 0.2) is 5.82 Å². The lowest BCUT2D eigenvalue weighted by molar-refractivity contribution is 0.669. The van der Waals surface area contributed by atoms with Gasteiger partial charge in [0.05, 0.1) is 11.4 Å². The molecule has 0 unspecified atom stereocenters. The van der Waals surface area contributed by atoms with Gasteiger partial charge in [-0.2, -0.15) is 0 Å². The summed E-state index contributed by atoms with van der Waals surface area (Å²) >= 11 is 0. The number of hydrogen-bond donors (Lipinski definition) is 0. The van der Waals surface area contributed by atoms with E-state index in [4.69, 9.17) is 14.4 Å². The summed E-state index contributed by atoms with van der Waals surface area (Å²) in [5, 5.41) is 4.49. The fraction of sp³-hybridized carbons (Fsp3) is 0. The van der Waals surface area contributed by atoms with Crippen molar-refractivity contribution in [3.05, 3.63) is 194 Å². The van der Waals surface area contributed by atoms with Crippen molar-refractivity contribution in [3.8, 4) is 67.3 Å². The molecule has 0 aliphatic carbocycles. The first-order valence-corrected chi connectivity index (χ1v) is 17.9. The van der Waals surface area contributed by atoms with Crippen molar-refractivity contribution in [1.82, 2.24) is 9.97 Å². The molecule has 248 valence electrons. The van der Waals surface area contributed by atoms with Crippen molar-refractivity contribution in [2.24, 2.45) is 0 Å². The molecule has 0 radical (unpaired) electrons. The van der Waals surface area contributed by atoms with Crippen LogP contribution in [0.15, 0.2) is 199 Å². The third-order valence-electron chi connectivity index (χ3n) is 10.1. The molecule has 0 bridgehead atoms. The first kappa shape index (κ1) is 30.7. The Hall–Kier alpha value is -7.10. The number of benzene rings is 8. The molecule has 0 N–H and O–H groups in total. The van der Waals surface area contributed by atoms with Gasteiger partial charge >= 0.3 is 0 Å². The summed E-state index contributed by atoms with van der Waals surface area (Å²) in [4.78, 5) is 10.5. The Bertz CT molecular complexity index is 2940. The molecule has 3 nitrogen and oxygen atoms in total. The molecule has 0 saturated carbocycles. The summed E-state index contributed by atoms with van der Waals surface area (Å²) in [6.45, 7) is 0. The van der Waals surface area contributed by atoms with E-state index in [1.807, 2.05) is 18.2 Å². The van der Waals surface area contributed by atoms with Gasteiger partial charge in [0, 0.05) is 27.5 Å². The molecule has 0 aliphatic rings. The first-order valence-electron chi connectivity index (χ1n) is 17.9. The molecule has 0 spiro atoms. The third kappa shape index (κ3) is 5.75. The van der Waals surface area contributed by atoms with Crippen LogP contribution in [-0.2, 0) is 0 Å². The van der Waals surface area contributed by atoms with Gasteiger partial charge in [-0.1, -0.05) is 146 Å². The maximum atomic E-state index is 6.21. The van der Waals surface area contributed by atoms with E-state index in [-0.39, 0.29) is 0 Å². The van der Waals surface area contributed by atoms with E-state index in [9.17, 15) is 0 Å². The number of para-hydroxylation sites is 1. The van der Waals surface area contributed by atoms with Gasteiger partial charge in [-0.3, -0.25) is 0 Å². The maximum Gasteiger partial charge on any atom is 0.161 e. The molecule has 10 rings (SSSR count). The highest BCUT2D eigenvalue weighted by Gasteiger charge is 2.16. The number of aromatic nitrogens is 2. The smallest absolute Gasteiger partial charge is 0.161 e. The molecule has 3 heteroatoms. The van der Waals surface area contributed by atoms with Crippen molar-refractivity contribution in [3.63, 3.8) is 0 Å². The van der Waals surface area contributed by atoms with Crippen LogP contribution < -0.4 is 0 Å². The number of hydrogen-bond acceptors (Lipinski definition) is 3. The number of rotatable bonds is 6. The molecule has 10 aromatic rings. The highest BCUT2D eigenvalue weighted by Crippen LogP contribution is 2.38. The average Bonchev–Trinajstić information content (AvgIpc) is 3.62. The van der Waals surface area contributed by atoms with E-state index in [1.54, 1.807) is 0 Å². The van der Waals surface area contributed by atoms with E-state index in [0.29, 0.717) is 5.82 Å². The molecule has 8 aromatic carbocycles. The van der Waals surface area contributed by atoms with E-state index in [0.717, 1.165) is 83.0 Å². The monoisotopic (exact) mass is 676 g/mol. The molecule has 0 aliphatic heterocycles. The number of furan rings is 1. The largest absolute Gasteiger partial charge is 0.456 e. The normalized spacial score (nSPS) is 11.4. The summed E-state index contributed by atoms with van der Waals surface area (Å²) in [6, 6.07) is 68.2. The summed E-state index contributed by atoms with van der Waals surface area (Å²) in [7, 11) is 0. The van der Waals surface area contributed by atoms with Gasteiger partial charge in [-0.15, -0.1) is 0 Å². The average molecular weight is 677 g/mol. The Morgan fingerprint density at radius 3 is 1.62 bits per heavy atom. The Labute approximate surface area is 307 Å². The molecule has 0 amide bonds. The zero-order chi connectivity index (χ0) is 35.1. The van der Waals surface area contributed by atoms with E-state index >= 15 is 0 Å². The second-order valence-corrected chi connectivity index (χ2v) is 13.4. The van der Waals surface area contributed by atoms with Crippen LogP contribution in [0.1, 0.15) is 0 Å². The van der Waals surface area contributed by atoms with Gasteiger partial charge in [0.2, 0.25) is 0 Å². The minimum atomic E-state index is 0.697. The Kier molecular flexibility index (Phi) is 7.47. The predicted octanol–water partition coefficient (Wildman–Crippen LogP) is 13.5. The zero-order valence-electron chi connectivity index (χ0n) is 28.8. The molecule has 2 aromatic heterocycles. The fourth-order valence-corrected chi connectivity index (χ4v) is 7.42. The summed E-state index contributed by atoms with van der Waals surface area (Å²) < 4.78 is 6.21. The van der Waals surface area contributed by atoms with Crippen LogP contribution in [0.3, 0.4) is 0 Å². The molecule has 0 fully saturated rings. The van der Waals surface area contributed by atoms with Crippen molar-refractivity contribution >= 4 is 32.7 Å². The van der Waals surface area contributed by atoms with Crippen LogP contribution in [-0.4, -0.2) is 9.97 Å². The van der Waals surface area contributed by atoms with Crippen LogP contribution in [0.5, 0.6) is 0 Å². The van der Waals surface area contributed by atoms with E-state index in [2.05, 4.69) is 176 Å². The maximum absolute atomic E-state index is 6.21. The van der Waals surface area contributed by atoms with Gasteiger partial charge in [0.25, 0.3) is 0 Å². The van der Waals surface area contributed by atoms with Crippen LogP contribution in [0.4, 0.5) is 0 Å². The van der Waals surface area contributed by atoms with E-state index in [1.165, 1.54) is 11.1 Å². The lowest BCUT2D eigenvalue weighted by Crippen LogP contribution is -1.97. The second-order valence-electron chi connectivity index (χ2n) is 13.4. The van der Waals surface area contributed by atoms with Crippen molar-refractivity contribution in [1.29, 1.82) is 0 Å². The molecule has 53 heavy (non-hydrogen) atoms. The topological polar surface area (TPSA) is 38.9 Å². The lowest BCUT2D eigenvalue weighted by Gasteiger charge is -2.14. The highest BCUT2D eigenvalue weighted by atomic mass is 16.3. The molecule has 0 atom stereocenters. The predicted molar refractivity (Wildman–Crippen MR) is 219 cm³/mol. The van der Waals surface area contributed by atoms with Crippen LogP contribution in [0, 0.1) is 0 Å². The number of fused-ring (bicyclic) bond motifs is 4. The first-order chi connectivity index (χ1) is 26.2. The Morgan fingerprint density at radius 1 is 0.302 bits per heavy atom. The fourth-order valence-electron chi connectivity index (χ4n) is 7.42. The zero-order valence-corrected chi connectivity index (χ0v) is 28.8. The standard InChI is InChI=1S/C50H32N2O/c1-3-13-33(14-4-1)36-19-11-20-37(27-36)39-28-40(38-25-26-49-45(31-38)43-22-9-10-24-48(43)53-49)30-41(29-39)47-32-46(35-16-5-2-6-17-35)51-50(52-47)44-23-12-18-34-15-7-8-21-42(34)44/h1-32H. The Morgan fingerprint density at radius 2 is 0.830 bits per heavy atom. The molecular weight excluding hydrogens is 645 g/mol. The van der Waals surface area contributed by atoms with Crippen LogP contribution in [0.2, 0.25) is 0 Å². The van der Waals surface area contributed by atoms with Crippen LogP contribution in [0.25, 0.3) is 100.0 Å². The van der Waals surface area contributed by atoms with E-state index < -0.39 is 0 Å². The van der Waals surface area contributed by atoms with Gasteiger partial charge < -0.3 is 4.42 Å².